The van der Waals surface area contributed by atoms with Crippen LogP contribution in [0.15, 0.2) is 6.20 Å². The SMILES string of the molecule is CC(C)n1ncc(C(N)CC(=O)O)c1Cl. The third kappa shape index (κ3) is 2.70. The van der Waals surface area contributed by atoms with Gasteiger partial charge >= 0.3 is 5.97 Å². The number of aliphatic carboxylic acids is 1. The van der Waals surface area contributed by atoms with Gasteiger partial charge < -0.3 is 10.8 Å². The zero-order valence-corrected chi connectivity index (χ0v) is 9.40. The number of hydrogen-bond donors (Lipinski definition) is 2. The molecular weight excluding hydrogens is 218 g/mol. The average Bonchev–Trinajstić information content (AvgIpc) is 2.45. The Labute approximate surface area is 92.8 Å². The van der Waals surface area contributed by atoms with E-state index < -0.39 is 12.0 Å². The smallest absolute Gasteiger partial charge is 0.305 e. The first-order valence-electron chi connectivity index (χ1n) is 4.63. The van der Waals surface area contributed by atoms with Gasteiger partial charge in [0.15, 0.2) is 0 Å². The molecule has 0 saturated heterocycles. The van der Waals surface area contributed by atoms with E-state index in [1.807, 2.05) is 13.8 Å². The van der Waals surface area contributed by atoms with Gasteiger partial charge in [-0.05, 0) is 13.8 Å². The second kappa shape index (κ2) is 4.63. The van der Waals surface area contributed by atoms with Crippen LogP contribution >= 0.6 is 11.6 Å². The van der Waals surface area contributed by atoms with E-state index in [-0.39, 0.29) is 12.5 Å². The Bertz CT molecular complexity index is 362. The minimum Gasteiger partial charge on any atom is -0.481 e. The Hall–Kier alpha value is -1.07. The number of carbonyl (C=O) groups is 1. The Morgan fingerprint density at radius 3 is 2.73 bits per heavy atom. The van der Waals surface area contributed by atoms with Gasteiger partial charge in [-0.15, -0.1) is 0 Å². The first-order valence-corrected chi connectivity index (χ1v) is 5.01. The molecule has 0 spiro atoms. The van der Waals surface area contributed by atoms with Crippen molar-refractivity contribution in [1.29, 1.82) is 0 Å². The molecule has 1 atom stereocenters. The number of nitrogens with zero attached hydrogens (tertiary/aromatic N) is 2. The molecule has 0 aromatic carbocycles. The van der Waals surface area contributed by atoms with E-state index in [2.05, 4.69) is 5.10 Å². The lowest BCUT2D eigenvalue weighted by molar-refractivity contribution is -0.137. The summed E-state index contributed by atoms with van der Waals surface area (Å²) < 4.78 is 1.61. The van der Waals surface area contributed by atoms with Crippen molar-refractivity contribution in [2.75, 3.05) is 0 Å². The molecule has 3 N–H and O–H groups in total. The van der Waals surface area contributed by atoms with Crippen molar-refractivity contribution in [3.63, 3.8) is 0 Å². The highest BCUT2D eigenvalue weighted by atomic mass is 35.5. The highest BCUT2D eigenvalue weighted by molar-refractivity contribution is 6.30. The predicted molar refractivity (Wildman–Crippen MR) is 56.8 cm³/mol. The number of aromatic nitrogens is 2. The molecule has 0 saturated carbocycles. The first kappa shape index (κ1) is 12.0. The van der Waals surface area contributed by atoms with Crippen molar-refractivity contribution in [3.05, 3.63) is 16.9 Å². The molecule has 0 radical (unpaired) electrons. The molecule has 15 heavy (non-hydrogen) atoms. The Balaban J connectivity index is 2.91. The molecular formula is C9H14ClN3O2. The number of rotatable bonds is 4. The lowest BCUT2D eigenvalue weighted by Gasteiger charge is -2.09. The van der Waals surface area contributed by atoms with Gasteiger partial charge in [-0.3, -0.25) is 9.48 Å². The molecule has 0 aliphatic heterocycles. The van der Waals surface area contributed by atoms with Gasteiger partial charge in [-0.1, -0.05) is 11.6 Å². The van der Waals surface area contributed by atoms with Crippen molar-refractivity contribution < 1.29 is 9.90 Å². The molecule has 5 nitrogen and oxygen atoms in total. The standard InChI is InChI=1S/C9H14ClN3O2/c1-5(2)13-9(10)6(4-12-13)7(11)3-8(14)15/h4-5,7H,3,11H2,1-2H3,(H,14,15). The van der Waals surface area contributed by atoms with Gasteiger partial charge in [0.25, 0.3) is 0 Å². The molecule has 84 valence electrons. The molecule has 6 heteroatoms. The summed E-state index contributed by atoms with van der Waals surface area (Å²) in [4.78, 5) is 10.5. The minimum atomic E-state index is -0.948. The van der Waals surface area contributed by atoms with E-state index in [4.69, 9.17) is 22.4 Å². The molecule has 0 aliphatic carbocycles. The van der Waals surface area contributed by atoms with E-state index in [1.165, 1.54) is 6.20 Å². The van der Waals surface area contributed by atoms with Crippen LogP contribution in [-0.4, -0.2) is 20.9 Å². The molecule has 0 amide bonds. The van der Waals surface area contributed by atoms with E-state index in [1.54, 1.807) is 4.68 Å². The van der Waals surface area contributed by atoms with Gasteiger partial charge in [0, 0.05) is 17.6 Å². The fraction of sp³-hybridized carbons (Fsp3) is 0.556. The molecule has 1 rings (SSSR count). The third-order valence-electron chi connectivity index (χ3n) is 2.04. The van der Waals surface area contributed by atoms with Crippen molar-refractivity contribution in [1.82, 2.24) is 9.78 Å². The molecule has 1 aromatic heterocycles. The van der Waals surface area contributed by atoms with Crippen LogP contribution in [-0.2, 0) is 4.79 Å². The molecule has 1 heterocycles. The average molecular weight is 232 g/mol. The lowest BCUT2D eigenvalue weighted by Crippen LogP contribution is -2.15. The van der Waals surface area contributed by atoms with Crippen LogP contribution in [0.5, 0.6) is 0 Å². The number of nitrogens with two attached hydrogens (primary N) is 1. The highest BCUT2D eigenvalue weighted by Gasteiger charge is 2.18. The molecule has 0 bridgehead atoms. The summed E-state index contributed by atoms with van der Waals surface area (Å²) in [6.07, 6.45) is 1.37. The van der Waals surface area contributed by atoms with Crippen LogP contribution in [0.1, 0.15) is 37.9 Å². The van der Waals surface area contributed by atoms with Crippen LogP contribution < -0.4 is 5.73 Å². The number of hydrogen-bond acceptors (Lipinski definition) is 3. The maximum absolute atomic E-state index is 10.5. The van der Waals surface area contributed by atoms with Gasteiger partial charge in [-0.25, -0.2) is 0 Å². The van der Waals surface area contributed by atoms with Crippen molar-refractivity contribution in [2.45, 2.75) is 32.4 Å². The summed E-state index contributed by atoms with van der Waals surface area (Å²) in [5, 5.41) is 13.1. The maximum atomic E-state index is 10.5. The summed E-state index contributed by atoms with van der Waals surface area (Å²) in [7, 11) is 0. The minimum absolute atomic E-state index is 0.128. The summed E-state index contributed by atoms with van der Waals surface area (Å²) >= 11 is 6.03. The van der Waals surface area contributed by atoms with Gasteiger partial charge in [0.1, 0.15) is 5.15 Å². The number of carboxylic acid groups (broad SMARTS) is 1. The fourth-order valence-corrected chi connectivity index (χ4v) is 1.70. The van der Waals surface area contributed by atoms with Crippen LogP contribution in [0.4, 0.5) is 0 Å². The number of carboxylic acids is 1. The van der Waals surface area contributed by atoms with Crippen LogP contribution in [0.3, 0.4) is 0 Å². The molecule has 1 aromatic rings. The van der Waals surface area contributed by atoms with Crippen molar-refractivity contribution >= 4 is 17.6 Å². The molecule has 1 unspecified atom stereocenters. The second-order valence-corrected chi connectivity index (χ2v) is 3.99. The van der Waals surface area contributed by atoms with Gasteiger partial charge in [-0.2, -0.15) is 5.10 Å². The van der Waals surface area contributed by atoms with E-state index >= 15 is 0 Å². The monoisotopic (exact) mass is 231 g/mol. The Kier molecular flexibility index (Phi) is 3.71. The first-order chi connectivity index (χ1) is 6.93. The largest absolute Gasteiger partial charge is 0.481 e. The lowest BCUT2D eigenvalue weighted by atomic mass is 10.1. The van der Waals surface area contributed by atoms with Gasteiger partial charge in [0.05, 0.1) is 12.6 Å². The highest BCUT2D eigenvalue weighted by Crippen LogP contribution is 2.25. The third-order valence-corrected chi connectivity index (χ3v) is 2.44. The zero-order valence-electron chi connectivity index (χ0n) is 8.64. The Morgan fingerprint density at radius 2 is 2.33 bits per heavy atom. The fourth-order valence-electron chi connectivity index (χ4n) is 1.27. The van der Waals surface area contributed by atoms with E-state index in [9.17, 15) is 4.79 Å². The second-order valence-electron chi connectivity index (χ2n) is 3.63. The van der Waals surface area contributed by atoms with Crippen LogP contribution in [0.2, 0.25) is 5.15 Å². The maximum Gasteiger partial charge on any atom is 0.305 e. The normalized spacial score (nSPS) is 13.1. The summed E-state index contributed by atoms with van der Waals surface area (Å²) in [6, 6.07) is -0.481. The summed E-state index contributed by atoms with van der Waals surface area (Å²) in [6.45, 7) is 3.87. The summed E-state index contributed by atoms with van der Waals surface area (Å²) in [5.74, 6) is -0.948. The summed E-state index contributed by atoms with van der Waals surface area (Å²) in [5.41, 5.74) is 6.27. The van der Waals surface area contributed by atoms with Crippen LogP contribution in [0.25, 0.3) is 0 Å². The van der Waals surface area contributed by atoms with E-state index in [0.717, 1.165) is 0 Å². The number of halogens is 1. The van der Waals surface area contributed by atoms with E-state index in [0.29, 0.717) is 10.7 Å². The Morgan fingerprint density at radius 1 is 1.73 bits per heavy atom. The zero-order chi connectivity index (χ0) is 11.6. The predicted octanol–water partition coefficient (Wildman–Crippen LogP) is 1.59. The molecule has 0 aliphatic rings. The van der Waals surface area contributed by atoms with Crippen LogP contribution in [0, 0.1) is 0 Å². The topological polar surface area (TPSA) is 81.1 Å². The quantitative estimate of drug-likeness (QED) is 0.825. The van der Waals surface area contributed by atoms with Crippen molar-refractivity contribution in [3.8, 4) is 0 Å². The van der Waals surface area contributed by atoms with Gasteiger partial charge in [0.2, 0.25) is 0 Å². The van der Waals surface area contributed by atoms with Crippen molar-refractivity contribution in [2.24, 2.45) is 5.73 Å². The molecule has 0 fully saturated rings.